The van der Waals surface area contributed by atoms with Gasteiger partial charge >= 0.3 is 0 Å². The minimum atomic E-state index is 0.908. The van der Waals surface area contributed by atoms with Crippen LogP contribution in [-0.2, 0) is 0 Å². The summed E-state index contributed by atoms with van der Waals surface area (Å²) >= 11 is 0. The summed E-state index contributed by atoms with van der Waals surface area (Å²) in [4.78, 5) is 2.41. The number of nitrogens with zero attached hydrogens (tertiary/aromatic N) is 1. The molecule has 0 fully saturated rings. The van der Waals surface area contributed by atoms with Crippen LogP contribution < -0.4 is 4.90 Å². The van der Waals surface area contributed by atoms with Crippen molar-refractivity contribution in [3.05, 3.63) is 224 Å². The molecule has 11 aromatic rings. The average Bonchev–Trinajstić information content (AvgIpc) is 3.69. The minimum absolute atomic E-state index is 0.908. The van der Waals surface area contributed by atoms with Gasteiger partial charge in [0.05, 0.1) is 5.69 Å². The zero-order valence-corrected chi connectivity index (χ0v) is 31.7. The third-order valence-corrected chi connectivity index (χ3v) is 11.4. The number of anilines is 3. The van der Waals surface area contributed by atoms with Crippen molar-refractivity contribution >= 4 is 60.5 Å². The number of fused-ring (bicyclic) bond motifs is 6. The highest BCUT2D eigenvalue weighted by Crippen LogP contribution is 2.45. The second kappa shape index (κ2) is 14.1. The van der Waals surface area contributed by atoms with Crippen molar-refractivity contribution in [3.63, 3.8) is 0 Å². The fourth-order valence-corrected chi connectivity index (χ4v) is 8.54. The Bertz CT molecular complexity index is 3270. The number of benzene rings is 10. The van der Waals surface area contributed by atoms with Gasteiger partial charge in [0.1, 0.15) is 11.2 Å². The number of para-hydroxylation sites is 1. The Labute approximate surface area is 337 Å². The van der Waals surface area contributed by atoms with Gasteiger partial charge in [-0.3, -0.25) is 0 Å². The predicted octanol–water partition coefficient (Wildman–Crippen LogP) is 16.0. The minimum Gasteiger partial charge on any atom is -0.456 e. The van der Waals surface area contributed by atoms with Crippen LogP contribution in [0.3, 0.4) is 0 Å². The topological polar surface area (TPSA) is 16.4 Å². The second-order valence-corrected chi connectivity index (χ2v) is 14.9. The molecule has 0 saturated carbocycles. The van der Waals surface area contributed by atoms with E-state index in [1.807, 2.05) is 12.1 Å². The Hall–Kier alpha value is -7.68. The third kappa shape index (κ3) is 6.00. The smallest absolute Gasteiger partial charge is 0.136 e. The molecule has 0 unspecified atom stereocenters. The molecule has 0 radical (unpaired) electrons. The highest BCUT2D eigenvalue weighted by molar-refractivity contribution is 6.19. The maximum atomic E-state index is 6.29. The lowest BCUT2D eigenvalue weighted by Gasteiger charge is -2.29. The Morgan fingerprint density at radius 3 is 1.71 bits per heavy atom. The van der Waals surface area contributed by atoms with E-state index in [0.717, 1.165) is 61.3 Å². The van der Waals surface area contributed by atoms with E-state index in [1.165, 1.54) is 43.8 Å². The summed E-state index contributed by atoms with van der Waals surface area (Å²) in [5.74, 6) is 0. The van der Waals surface area contributed by atoms with Crippen LogP contribution in [0, 0.1) is 0 Å². The van der Waals surface area contributed by atoms with Crippen molar-refractivity contribution in [2.24, 2.45) is 0 Å². The van der Waals surface area contributed by atoms with Crippen molar-refractivity contribution in [1.29, 1.82) is 0 Å². The van der Waals surface area contributed by atoms with Gasteiger partial charge in [-0.25, -0.2) is 0 Å². The Morgan fingerprint density at radius 2 is 0.879 bits per heavy atom. The van der Waals surface area contributed by atoms with Crippen molar-refractivity contribution in [3.8, 4) is 44.5 Å². The van der Waals surface area contributed by atoms with Crippen LogP contribution in [0.2, 0.25) is 0 Å². The van der Waals surface area contributed by atoms with Gasteiger partial charge < -0.3 is 9.32 Å². The van der Waals surface area contributed by atoms with Crippen LogP contribution in [0.5, 0.6) is 0 Å². The van der Waals surface area contributed by atoms with Gasteiger partial charge in [-0.15, -0.1) is 0 Å². The first-order valence-electron chi connectivity index (χ1n) is 19.8. The van der Waals surface area contributed by atoms with E-state index in [2.05, 4.69) is 217 Å². The van der Waals surface area contributed by atoms with E-state index >= 15 is 0 Å². The molecule has 0 N–H and O–H groups in total. The number of furan rings is 1. The van der Waals surface area contributed by atoms with Gasteiger partial charge in [0, 0.05) is 27.7 Å². The first-order valence-corrected chi connectivity index (χ1v) is 19.8. The molecule has 272 valence electrons. The lowest BCUT2D eigenvalue weighted by atomic mass is 9.94. The highest BCUT2D eigenvalue weighted by atomic mass is 16.3. The van der Waals surface area contributed by atoms with E-state index in [-0.39, 0.29) is 0 Å². The fourth-order valence-electron chi connectivity index (χ4n) is 8.54. The van der Waals surface area contributed by atoms with Gasteiger partial charge in [-0.1, -0.05) is 164 Å². The average molecular weight is 740 g/mol. The SMILES string of the molecule is c1ccc(-c2ccc(N(c3cccc(-c4ccc5ccccc5c4)c3)c3ccc(-c4ccc5ccc6oc7ccccc7c6c5c4)cc3-c3ccccc3)cc2)cc1. The molecule has 0 aliphatic carbocycles. The molecular weight excluding hydrogens is 703 g/mol. The molecule has 11 rings (SSSR count). The fraction of sp³-hybridized carbons (Fsp3) is 0. The van der Waals surface area contributed by atoms with Crippen LogP contribution in [0.25, 0.3) is 88.0 Å². The predicted molar refractivity (Wildman–Crippen MR) is 245 cm³/mol. The highest BCUT2D eigenvalue weighted by Gasteiger charge is 2.20. The second-order valence-electron chi connectivity index (χ2n) is 14.9. The maximum Gasteiger partial charge on any atom is 0.136 e. The summed E-state index contributed by atoms with van der Waals surface area (Å²) in [6, 6.07) is 80.9. The van der Waals surface area contributed by atoms with E-state index in [9.17, 15) is 0 Å². The molecule has 1 aromatic heterocycles. The first kappa shape index (κ1) is 33.6. The molecule has 0 aliphatic rings. The largest absolute Gasteiger partial charge is 0.456 e. The molecule has 0 atom stereocenters. The van der Waals surface area contributed by atoms with Gasteiger partial charge in [0.2, 0.25) is 0 Å². The molecule has 2 nitrogen and oxygen atoms in total. The number of hydrogen-bond donors (Lipinski definition) is 0. The Balaban J connectivity index is 1.09. The van der Waals surface area contributed by atoms with Crippen molar-refractivity contribution in [1.82, 2.24) is 0 Å². The van der Waals surface area contributed by atoms with E-state index < -0.39 is 0 Å². The normalized spacial score (nSPS) is 11.4. The third-order valence-electron chi connectivity index (χ3n) is 11.4. The van der Waals surface area contributed by atoms with Crippen LogP contribution in [0.4, 0.5) is 17.1 Å². The Morgan fingerprint density at radius 1 is 0.293 bits per heavy atom. The molecule has 58 heavy (non-hydrogen) atoms. The van der Waals surface area contributed by atoms with E-state index in [0.29, 0.717) is 0 Å². The quantitative estimate of drug-likeness (QED) is 0.162. The number of rotatable bonds is 7. The number of hydrogen-bond acceptors (Lipinski definition) is 2. The van der Waals surface area contributed by atoms with Crippen LogP contribution in [-0.4, -0.2) is 0 Å². The summed E-state index contributed by atoms with van der Waals surface area (Å²) in [6.45, 7) is 0. The van der Waals surface area contributed by atoms with Crippen molar-refractivity contribution in [2.75, 3.05) is 4.90 Å². The standard InChI is InChI=1S/C56H37NO/c1-3-12-38(13-4-1)40-26-30-48(31-27-40)57(49-19-11-18-44(35-49)45-24-22-39-14-7-8-17-43(39)34-45)53-32-28-47(36-51(53)41-15-5-2-6-16-41)46-25-23-42-29-33-55-56(52(42)37-46)50-20-9-10-21-54(50)58-55/h1-37H. The molecular formula is C56H37NO. The Kier molecular flexibility index (Phi) is 8.19. The van der Waals surface area contributed by atoms with Gasteiger partial charge in [-0.05, 0) is 121 Å². The van der Waals surface area contributed by atoms with Crippen molar-refractivity contribution < 1.29 is 4.42 Å². The van der Waals surface area contributed by atoms with Gasteiger partial charge in [0.25, 0.3) is 0 Å². The van der Waals surface area contributed by atoms with Crippen LogP contribution in [0.1, 0.15) is 0 Å². The summed E-state index contributed by atoms with van der Waals surface area (Å²) in [7, 11) is 0. The molecule has 2 heteroatoms. The van der Waals surface area contributed by atoms with Gasteiger partial charge in [-0.2, -0.15) is 0 Å². The van der Waals surface area contributed by atoms with E-state index in [1.54, 1.807) is 0 Å². The molecule has 1 heterocycles. The molecule has 0 spiro atoms. The molecule has 0 aliphatic heterocycles. The summed E-state index contributed by atoms with van der Waals surface area (Å²) in [5, 5.41) is 7.15. The molecule has 0 amide bonds. The molecule has 10 aromatic carbocycles. The maximum absolute atomic E-state index is 6.29. The van der Waals surface area contributed by atoms with E-state index in [4.69, 9.17) is 4.42 Å². The van der Waals surface area contributed by atoms with Gasteiger partial charge in [0.15, 0.2) is 0 Å². The van der Waals surface area contributed by atoms with Crippen LogP contribution >= 0.6 is 0 Å². The summed E-state index contributed by atoms with van der Waals surface area (Å²) in [5.41, 5.74) is 14.4. The lowest BCUT2D eigenvalue weighted by molar-refractivity contribution is 0.669. The zero-order chi connectivity index (χ0) is 38.4. The zero-order valence-electron chi connectivity index (χ0n) is 31.7. The summed E-state index contributed by atoms with van der Waals surface area (Å²) < 4.78 is 6.29. The monoisotopic (exact) mass is 739 g/mol. The molecule has 0 bridgehead atoms. The molecule has 0 saturated heterocycles. The van der Waals surface area contributed by atoms with Crippen LogP contribution in [0.15, 0.2) is 229 Å². The lowest BCUT2D eigenvalue weighted by Crippen LogP contribution is -2.11. The van der Waals surface area contributed by atoms with Crippen molar-refractivity contribution in [2.45, 2.75) is 0 Å². The first-order chi connectivity index (χ1) is 28.7. The summed E-state index contributed by atoms with van der Waals surface area (Å²) in [6.07, 6.45) is 0.